The Morgan fingerprint density at radius 3 is 2.76 bits per heavy atom. The first-order valence-electron chi connectivity index (χ1n) is 8.94. The average molecular weight is 344 g/mol. The molecule has 2 aromatic rings. The molecule has 0 amide bonds. The van der Waals surface area contributed by atoms with Gasteiger partial charge in [-0.25, -0.2) is 14.7 Å². The summed E-state index contributed by atoms with van der Waals surface area (Å²) in [5.41, 5.74) is 3.38. The summed E-state index contributed by atoms with van der Waals surface area (Å²) in [7, 11) is 1.97. The lowest BCUT2D eigenvalue weighted by Crippen LogP contribution is -2.41. The van der Waals surface area contributed by atoms with Crippen molar-refractivity contribution in [3.63, 3.8) is 0 Å². The zero-order valence-corrected chi connectivity index (χ0v) is 15.8. The largest absolute Gasteiger partial charge is 0.357 e. The third-order valence-electron chi connectivity index (χ3n) is 4.69. The molecular weight excluding hydrogens is 316 g/mol. The van der Waals surface area contributed by atoms with Crippen molar-refractivity contribution in [2.24, 2.45) is 12.0 Å². The summed E-state index contributed by atoms with van der Waals surface area (Å²) in [6.45, 7) is 10.5. The van der Waals surface area contributed by atoms with Gasteiger partial charge in [0.2, 0.25) is 0 Å². The van der Waals surface area contributed by atoms with E-state index in [1.807, 2.05) is 30.3 Å². The van der Waals surface area contributed by atoms with Crippen LogP contribution in [0.3, 0.4) is 0 Å². The number of nitrogens with zero attached hydrogens (tertiary/aromatic N) is 6. The van der Waals surface area contributed by atoms with Crippen LogP contribution < -0.4 is 10.6 Å². The highest BCUT2D eigenvalue weighted by Crippen LogP contribution is 2.23. The molecule has 1 aliphatic rings. The van der Waals surface area contributed by atoms with Gasteiger partial charge in [-0.15, -0.1) is 0 Å². The van der Waals surface area contributed by atoms with Gasteiger partial charge >= 0.3 is 0 Å². The van der Waals surface area contributed by atoms with Crippen LogP contribution in [0.4, 0.5) is 0 Å². The number of guanidine groups is 1. The third-order valence-corrected chi connectivity index (χ3v) is 4.69. The van der Waals surface area contributed by atoms with Gasteiger partial charge in [0.05, 0.1) is 18.3 Å². The first-order valence-corrected chi connectivity index (χ1v) is 8.94. The van der Waals surface area contributed by atoms with Crippen molar-refractivity contribution in [2.75, 3.05) is 6.54 Å². The summed E-state index contributed by atoms with van der Waals surface area (Å²) >= 11 is 0. The fourth-order valence-electron chi connectivity index (χ4n) is 3.29. The van der Waals surface area contributed by atoms with Crippen molar-refractivity contribution >= 4 is 5.96 Å². The molecule has 0 bridgehead atoms. The molecule has 1 atom stereocenters. The van der Waals surface area contributed by atoms with Gasteiger partial charge in [-0.05, 0) is 40.5 Å². The first-order chi connectivity index (χ1) is 12.0. The monoisotopic (exact) mass is 344 g/mol. The molecule has 1 unspecified atom stereocenters. The fourth-order valence-corrected chi connectivity index (χ4v) is 3.29. The molecule has 2 aromatic heterocycles. The van der Waals surface area contributed by atoms with Crippen molar-refractivity contribution in [1.29, 1.82) is 0 Å². The molecule has 0 fully saturated rings. The van der Waals surface area contributed by atoms with Crippen LogP contribution in [0.1, 0.15) is 54.4 Å². The summed E-state index contributed by atoms with van der Waals surface area (Å²) < 4.78 is 3.92. The van der Waals surface area contributed by atoms with E-state index in [9.17, 15) is 0 Å². The highest BCUT2D eigenvalue weighted by molar-refractivity contribution is 5.80. The van der Waals surface area contributed by atoms with Crippen molar-refractivity contribution in [2.45, 2.75) is 59.7 Å². The lowest BCUT2D eigenvalue weighted by molar-refractivity contribution is 0.397. The molecule has 136 valence electrons. The Balaban J connectivity index is 1.77. The standard InChI is InChI=1S/C17H28N8/c1-6-18-17(19-10-14-11(2)22-24(5)12(14)3)21-15-8-7-9-25-16(15)20-13(4)23-25/h15H,6-10H2,1-5H3,(H2,18,19,21). The molecule has 2 N–H and O–H groups in total. The number of fused-ring (bicyclic) bond motifs is 1. The van der Waals surface area contributed by atoms with E-state index in [1.54, 1.807) is 0 Å². The number of aromatic nitrogens is 5. The quantitative estimate of drug-likeness (QED) is 0.649. The zero-order chi connectivity index (χ0) is 18.0. The molecule has 0 aliphatic carbocycles. The van der Waals surface area contributed by atoms with Gasteiger partial charge in [-0.1, -0.05) is 0 Å². The molecule has 0 saturated heterocycles. The minimum Gasteiger partial charge on any atom is -0.357 e. The smallest absolute Gasteiger partial charge is 0.192 e. The van der Waals surface area contributed by atoms with Gasteiger partial charge in [-0.3, -0.25) is 4.68 Å². The number of nitrogens with one attached hydrogen (secondary N) is 2. The van der Waals surface area contributed by atoms with E-state index in [2.05, 4.69) is 39.7 Å². The highest BCUT2D eigenvalue weighted by atomic mass is 15.4. The zero-order valence-electron chi connectivity index (χ0n) is 15.8. The molecule has 0 aromatic carbocycles. The maximum absolute atomic E-state index is 4.78. The molecule has 3 rings (SSSR count). The SMILES string of the molecule is CCNC(=NCc1c(C)nn(C)c1C)NC1CCCn2nc(C)nc21. The van der Waals surface area contributed by atoms with Crippen molar-refractivity contribution < 1.29 is 0 Å². The first kappa shape index (κ1) is 17.4. The van der Waals surface area contributed by atoms with E-state index in [0.717, 1.165) is 54.9 Å². The van der Waals surface area contributed by atoms with Crippen molar-refractivity contribution in [1.82, 2.24) is 35.2 Å². The van der Waals surface area contributed by atoms with Gasteiger partial charge in [0.25, 0.3) is 0 Å². The minimum atomic E-state index is 0.142. The topological polar surface area (TPSA) is 85.0 Å². The Morgan fingerprint density at radius 2 is 2.08 bits per heavy atom. The van der Waals surface area contributed by atoms with Crippen LogP contribution in [-0.2, 0) is 20.1 Å². The molecule has 25 heavy (non-hydrogen) atoms. The van der Waals surface area contributed by atoms with E-state index in [-0.39, 0.29) is 6.04 Å². The molecular formula is C17H28N8. The van der Waals surface area contributed by atoms with Gasteiger partial charge in [0, 0.05) is 31.4 Å². The van der Waals surface area contributed by atoms with Crippen molar-refractivity contribution in [3.05, 3.63) is 28.6 Å². The Kier molecular flexibility index (Phi) is 5.06. The Bertz CT molecular complexity index is 770. The van der Waals surface area contributed by atoms with Crippen LogP contribution in [0.2, 0.25) is 0 Å². The molecule has 0 spiro atoms. The van der Waals surface area contributed by atoms with E-state index in [0.29, 0.717) is 6.54 Å². The minimum absolute atomic E-state index is 0.142. The maximum atomic E-state index is 4.78. The van der Waals surface area contributed by atoms with Crippen LogP contribution in [0.25, 0.3) is 0 Å². The number of aryl methyl sites for hydroxylation is 4. The average Bonchev–Trinajstić information content (AvgIpc) is 3.06. The summed E-state index contributed by atoms with van der Waals surface area (Å²) in [4.78, 5) is 9.37. The van der Waals surface area contributed by atoms with Gasteiger partial charge < -0.3 is 10.6 Å². The van der Waals surface area contributed by atoms with Crippen molar-refractivity contribution in [3.8, 4) is 0 Å². The van der Waals surface area contributed by atoms with Gasteiger partial charge in [0.15, 0.2) is 5.96 Å². The van der Waals surface area contributed by atoms with E-state index in [1.165, 1.54) is 5.56 Å². The normalized spacial score (nSPS) is 17.5. The van der Waals surface area contributed by atoms with Crippen LogP contribution in [0.15, 0.2) is 4.99 Å². The Morgan fingerprint density at radius 1 is 1.28 bits per heavy atom. The van der Waals surface area contributed by atoms with Crippen LogP contribution >= 0.6 is 0 Å². The van der Waals surface area contributed by atoms with E-state index in [4.69, 9.17) is 4.99 Å². The molecule has 1 aliphatic heterocycles. The van der Waals surface area contributed by atoms with E-state index >= 15 is 0 Å². The summed E-state index contributed by atoms with van der Waals surface area (Å²) in [5, 5.41) is 15.8. The molecule has 3 heterocycles. The predicted molar refractivity (Wildman–Crippen MR) is 97.4 cm³/mol. The molecule has 8 nitrogen and oxygen atoms in total. The van der Waals surface area contributed by atoms with Crippen LogP contribution in [-0.4, -0.2) is 37.0 Å². The highest BCUT2D eigenvalue weighted by Gasteiger charge is 2.24. The molecule has 0 saturated carbocycles. The number of hydrogen-bond donors (Lipinski definition) is 2. The summed E-state index contributed by atoms with van der Waals surface area (Å²) in [6.07, 6.45) is 2.13. The lowest BCUT2D eigenvalue weighted by atomic mass is 10.1. The van der Waals surface area contributed by atoms with Gasteiger partial charge in [-0.2, -0.15) is 10.2 Å². The predicted octanol–water partition coefficient (Wildman–Crippen LogP) is 1.53. The van der Waals surface area contributed by atoms with Gasteiger partial charge in [0.1, 0.15) is 11.6 Å². The number of hydrogen-bond acceptors (Lipinski definition) is 4. The lowest BCUT2D eigenvalue weighted by Gasteiger charge is -2.25. The second kappa shape index (κ2) is 7.25. The molecule has 8 heteroatoms. The second-order valence-corrected chi connectivity index (χ2v) is 6.55. The fraction of sp³-hybridized carbons (Fsp3) is 0.647. The third kappa shape index (κ3) is 3.67. The maximum Gasteiger partial charge on any atom is 0.192 e. The summed E-state index contributed by atoms with van der Waals surface area (Å²) in [6, 6.07) is 0.142. The Labute approximate surface area is 148 Å². The van der Waals surface area contributed by atoms with Crippen LogP contribution in [0, 0.1) is 20.8 Å². The van der Waals surface area contributed by atoms with Crippen LogP contribution in [0.5, 0.6) is 0 Å². The number of rotatable bonds is 4. The number of aliphatic imine (C=N–C) groups is 1. The van der Waals surface area contributed by atoms with E-state index < -0.39 is 0 Å². The summed E-state index contributed by atoms with van der Waals surface area (Å²) in [5.74, 6) is 2.64. The Hall–Kier alpha value is -2.38. The molecule has 0 radical (unpaired) electrons. The second-order valence-electron chi connectivity index (χ2n) is 6.55.